The second kappa shape index (κ2) is 11.7. The molecule has 1 atom stereocenters. The molecule has 0 bridgehead atoms. The summed E-state index contributed by atoms with van der Waals surface area (Å²) < 4.78 is 27.7. The Bertz CT molecular complexity index is 1230. The van der Waals surface area contributed by atoms with Crippen LogP contribution in [-0.2, 0) is 31.1 Å². The van der Waals surface area contributed by atoms with E-state index in [0.717, 1.165) is 16.7 Å². The smallest absolute Gasteiger partial charge is 0.318 e. The Morgan fingerprint density at radius 1 is 0.886 bits per heavy atom. The van der Waals surface area contributed by atoms with Crippen molar-refractivity contribution in [1.82, 2.24) is 9.79 Å². The fraction of sp³-hybridized carbons (Fsp3) is 0.231. The highest BCUT2D eigenvalue weighted by molar-refractivity contribution is 7.89. The maximum Gasteiger partial charge on any atom is 0.318 e. The summed E-state index contributed by atoms with van der Waals surface area (Å²) in [5, 5.41) is 9.46. The molecule has 3 rings (SSSR count). The predicted octanol–water partition coefficient (Wildman–Crippen LogP) is 3.70. The van der Waals surface area contributed by atoms with Crippen molar-refractivity contribution >= 4 is 21.9 Å². The number of sulfonamides is 1. The molecular formula is C26H28N2O6S. The van der Waals surface area contributed by atoms with Gasteiger partial charge in [-0.2, -0.15) is 4.31 Å². The normalized spacial score (nSPS) is 12.5. The first-order chi connectivity index (χ1) is 16.7. The zero-order valence-corrected chi connectivity index (χ0v) is 20.3. The molecule has 0 spiro atoms. The number of carboxylic acids is 1. The molecule has 1 amide bonds. The first-order valence-electron chi connectivity index (χ1n) is 11.0. The maximum atomic E-state index is 13.5. The van der Waals surface area contributed by atoms with Crippen molar-refractivity contribution in [3.05, 3.63) is 90.5 Å². The van der Waals surface area contributed by atoms with Gasteiger partial charge in [0.1, 0.15) is 12.6 Å². The maximum absolute atomic E-state index is 13.5. The van der Waals surface area contributed by atoms with Crippen LogP contribution >= 0.6 is 0 Å². The molecule has 184 valence electrons. The van der Waals surface area contributed by atoms with E-state index in [9.17, 15) is 23.1 Å². The number of aliphatic carboxylic acids is 1. The number of hydrogen-bond acceptors (Lipinski definition) is 5. The first-order valence-corrected chi connectivity index (χ1v) is 12.5. The zero-order chi connectivity index (χ0) is 25.4. The van der Waals surface area contributed by atoms with Crippen LogP contribution in [0.4, 0.5) is 0 Å². The average Bonchev–Trinajstić information content (AvgIpc) is 2.84. The molecular weight excluding hydrogens is 468 g/mol. The van der Waals surface area contributed by atoms with Gasteiger partial charge in [0.15, 0.2) is 0 Å². The summed E-state index contributed by atoms with van der Waals surface area (Å²) in [4.78, 5) is 29.8. The first kappa shape index (κ1) is 26.1. The van der Waals surface area contributed by atoms with Gasteiger partial charge in [-0.3, -0.25) is 14.4 Å². The van der Waals surface area contributed by atoms with Crippen molar-refractivity contribution < 1.29 is 28.0 Å². The van der Waals surface area contributed by atoms with Gasteiger partial charge in [0.25, 0.3) is 5.91 Å². The molecule has 2 N–H and O–H groups in total. The third-order valence-corrected chi connectivity index (χ3v) is 7.17. The molecule has 35 heavy (non-hydrogen) atoms. The summed E-state index contributed by atoms with van der Waals surface area (Å²) in [6.45, 7) is 2.48. The molecule has 3 aromatic rings. The second-order valence-electron chi connectivity index (χ2n) is 8.26. The molecule has 0 radical (unpaired) electrons. The molecule has 0 aromatic heterocycles. The number of nitrogens with zero attached hydrogens (tertiary/aromatic N) is 1. The van der Waals surface area contributed by atoms with Gasteiger partial charge >= 0.3 is 5.97 Å². The summed E-state index contributed by atoms with van der Waals surface area (Å²) in [6.07, 6.45) is 0. The molecule has 0 aliphatic rings. The Morgan fingerprint density at radius 3 is 1.97 bits per heavy atom. The highest BCUT2D eigenvalue weighted by atomic mass is 32.2. The number of rotatable bonds is 11. The van der Waals surface area contributed by atoms with Crippen molar-refractivity contribution in [2.75, 3.05) is 6.54 Å². The number of nitrogens with one attached hydrogen (secondary N) is 1. The van der Waals surface area contributed by atoms with Crippen LogP contribution in [0.25, 0.3) is 11.1 Å². The lowest BCUT2D eigenvalue weighted by molar-refractivity contribution is -0.142. The number of carboxylic acid groups (broad SMARTS) is 1. The molecule has 0 aliphatic heterocycles. The van der Waals surface area contributed by atoms with Crippen molar-refractivity contribution in [1.29, 1.82) is 0 Å². The lowest BCUT2D eigenvalue weighted by atomic mass is 10.0. The van der Waals surface area contributed by atoms with Gasteiger partial charge in [-0.05, 0) is 34.7 Å². The van der Waals surface area contributed by atoms with Crippen LogP contribution in [0.15, 0.2) is 89.8 Å². The number of carbonyl (C=O) groups excluding carboxylic acids is 1. The van der Waals surface area contributed by atoms with Crippen molar-refractivity contribution in [2.45, 2.75) is 31.4 Å². The zero-order valence-electron chi connectivity index (χ0n) is 19.5. The van der Waals surface area contributed by atoms with Gasteiger partial charge in [-0.15, -0.1) is 0 Å². The molecule has 0 saturated carbocycles. The highest BCUT2D eigenvalue weighted by Crippen LogP contribution is 2.26. The van der Waals surface area contributed by atoms with E-state index in [1.165, 1.54) is 12.1 Å². The molecule has 0 saturated heterocycles. The lowest BCUT2D eigenvalue weighted by Crippen LogP contribution is -2.53. The summed E-state index contributed by atoms with van der Waals surface area (Å²) in [6, 6.07) is 23.3. The van der Waals surface area contributed by atoms with Crippen LogP contribution in [0.1, 0.15) is 19.4 Å². The van der Waals surface area contributed by atoms with Gasteiger partial charge in [-0.1, -0.05) is 86.6 Å². The second-order valence-corrected chi connectivity index (χ2v) is 10.2. The van der Waals surface area contributed by atoms with E-state index in [4.69, 9.17) is 4.84 Å². The van der Waals surface area contributed by atoms with Gasteiger partial charge < -0.3 is 5.11 Å². The summed E-state index contributed by atoms with van der Waals surface area (Å²) in [5.74, 6) is -2.66. The van der Waals surface area contributed by atoms with Crippen LogP contribution in [0.3, 0.4) is 0 Å². The molecule has 0 fully saturated rings. The number of hydroxylamine groups is 1. The Morgan fingerprint density at radius 2 is 1.43 bits per heavy atom. The van der Waals surface area contributed by atoms with E-state index in [1.54, 1.807) is 26.0 Å². The Hall–Kier alpha value is -3.53. The standard InChI is InChI=1S/C26H28N2O6S/c1-19(2)25(26(31)27-34-18-20-9-5-3-6-10-20)28(17-24(29)30)35(32,33)23-15-13-22(14-16-23)21-11-7-4-8-12-21/h3-16,19,25H,17-18H2,1-2H3,(H,27,31)(H,29,30)/t25-/m1/s1. The quantitative estimate of drug-likeness (QED) is 0.392. The molecule has 8 nitrogen and oxygen atoms in total. The number of amides is 1. The van der Waals surface area contributed by atoms with E-state index >= 15 is 0 Å². The van der Waals surface area contributed by atoms with Gasteiger partial charge in [0.2, 0.25) is 10.0 Å². The SMILES string of the molecule is CC(C)[C@H](C(=O)NOCc1ccccc1)N(CC(=O)O)S(=O)(=O)c1ccc(-c2ccccc2)cc1. The van der Waals surface area contributed by atoms with Gasteiger partial charge in [-0.25, -0.2) is 13.9 Å². The summed E-state index contributed by atoms with van der Waals surface area (Å²) >= 11 is 0. The van der Waals surface area contributed by atoms with Gasteiger partial charge in [0, 0.05) is 0 Å². The summed E-state index contributed by atoms with van der Waals surface area (Å²) in [7, 11) is -4.33. The van der Waals surface area contributed by atoms with Crippen LogP contribution in [-0.4, -0.2) is 42.3 Å². The number of benzene rings is 3. The minimum atomic E-state index is -4.33. The van der Waals surface area contributed by atoms with Crippen LogP contribution < -0.4 is 5.48 Å². The molecule has 9 heteroatoms. The van der Waals surface area contributed by atoms with Crippen LogP contribution in [0.5, 0.6) is 0 Å². The topological polar surface area (TPSA) is 113 Å². The van der Waals surface area contributed by atoms with E-state index in [1.807, 2.05) is 60.7 Å². The third kappa shape index (κ3) is 6.75. The fourth-order valence-electron chi connectivity index (χ4n) is 3.64. The van der Waals surface area contributed by atoms with Gasteiger partial charge in [0.05, 0.1) is 11.5 Å². The van der Waals surface area contributed by atoms with Crippen molar-refractivity contribution in [3.63, 3.8) is 0 Å². The van der Waals surface area contributed by atoms with Crippen molar-refractivity contribution in [3.8, 4) is 11.1 Å². The van der Waals surface area contributed by atoms with Crippen LogP contribution in [0.2, 0.25) is 0 Å². The van der Waals surface area contributed by atoms with E-state index in [2.05, 4.69) is 5.48 Å². The van der Waals surface area contributed by atoms with E-state index in [-0.39, 0.29) is 11.5 Å². The Balaban J connectivity index is 1.84. The highest BCUT2D eigenvalue weighted by Gasteiger charge is 2.39. The molecule has 0 aliphatic carbocycles. The fourth-order valence-corrected chi connectivity index (χ4v) is 5.31. The van der Waals surface area contributed by atoms with E-state index < -0.39 is 40.4 Å². The molecule has 0 unspecified atom stereocenters. The van der Waals surface area contributed by atoms with Crippen molar-refractivity contribution in [2.24, 2.45) is 5.92 Å². The van der Waals surface area contributed by atoms with E-state index in [0.29, 0.717) is 4.31 Å². The Kier molecular flexibility index (Phi) is 8.75. The monoisotopic (exact) mass is 496 g/mol. The Labute approximate surface area is 205 Å². The minimum absolute atomic E-state index is 0.0734. The molecule has 3 aromatic carbocycles. The average molecular weight is 497 g/mol. The minimum Gasteiger partial charge on any atom is -0.480 e. The lowest BCUT2D eigenvalue weighted by Gasteiger charge is -2.31. The van der Waals surface area contributed by atoms with Crippen LogP contribution in [0, 0.1) is 5.92 Å². The third-order valence-electron chi connectivity index (χ3n) is 5.32. The number of carbonyl (C=O) groups is 2. The predicted molar refractivity (Wildman–Crippen MR) is 131 cm³/mol. The largest absolute Gasteiger partial charge is 0.480 e. The summed E-state index contributed by atoms with van der Waals surface area (Å²) in [5.41, 5.74) is 4.81. The molecule has 0 heterocycles. The number of hydrogen-bond donors (Lipinski definition) is 2.